The van der Waals surface area contributed by atoms with E-state index in [2.05, 4.69) is 34.5 Å². The van der Waals surface area contributed by atoms with Gasteiger partial charge in [0.15, 0.2) is 0 Å². The smallest absolute Gasteiger partial charge is 0.0889 e. The van der Waals surface area contributed by atoms with Crippen molar-refractivity contribution in [2.45, 2.75) is 59.1 Å². The van der Waals surface area contributed by atoms with Crippen molar-refractivity contribution in [2.75, 3.05) is 0 Å². The van der Waals surface area contributed by atoms with E-state index in [0.29, 0.717) is 5.31 Å². The fourth-order valence-corrected chi connectivity index (χ4v) is 1.52. The fraction of sp³-hybridized carbons (Fsp3) is 1.00. The Labute approximate surface area is 73.0 Å². The standard InChI is InChI=1S/C10H23B/c1-6-9(3)8-10(4,7-2)11-5/h9,11H,6-8H2,1-5H3. The van der Waals surface area contributed by atoms with Crippen molar-refractivity contribution in [3.8, 4) is 0 Å². The molecule has 0 aromatic carbocycles. The van der Waals surface area contributed by atoms with Crippen molar-refractivity contribution in [3.63, 3.8) is 0 Å². The summed E-state index contributed by atoms with van der Waals surface area (Å²) in [6, 6.07) is 0. The highest BCUT2D eigenvalue weighted by molar-refractivity contribution is 6.38. The Hall–Kier alpha value is 0.0649. The summed E-state index contributed by atoms with van der Waals surface area (Å²) in [6.07, 6.45) is 4.06. The van der Waals surface area contributed by atoms with Gasteiger partial charge in [-0.25, -0.2) is 0 Å². The molecular weight excluding hydrogens is 131 g/mol. The molecule has 0 saturated carbocycles. The highest BCUT2D eigenvalue weighted by Crippen LogP contribution is 2.36. The van der Waals surface area contributed by atoms with Gasteiger partial charge in [-0.05, 0) is 5.92 Å². The van der Waals surface area contributed by atoms with Crippen molar-refractivity contribution in [1.29, 1.82) is 0 Å². The first-order valence-electron chi connectivity index (χ1n) is 5.08. The Bertz CT molecular complexity index is 95.0. The van der Waals surface area contributed by atoms with Crippen LogP contribution in [-0.4, -0.2) is 7.28 Å². The van der Waals surface area contributed by atoms with Crippen LogP contribution in [0.4, 0.5) is 0 Å². The molecule has 2 atom stereocenters. The minimum Gasteiger partial charge on any atom is -0.0889 e. The molecule has 0 fully saturated rings. The Morgan fingerprint density at radius 3 is 2.18 bits per heavy atom. The molecule has 0 N–H and O–H groups in total. The Morgan fingerprint density at radius 1 is 1.36 bits per heavy atom. The Morgan fingerprint density at radius 2 is 1.91 bits per heavy atom. The van der Waals surface area contributed by atoms with Gasteiger partial charge in [-0.1, -0.05) is 59.1 Å². The van der Waals surface area contributed by atoms with Gasteiger partial charge in [0, 0.05) is 0 Å². The van der Waals surface area contributed by atoms with Crippen LogP contribution in [0.3, 0.4) is 0 Å². The second kappa shape index (κ2) is 4.85. The van der Waals surface area contributed by atoms with Gasteiger partial charge < -0.3 is 0 Å². The van der Waals surface area contributed by atoms with Crippen LogP contribution in [-0.2, 0) is 0 Å². The minimum absolute atomic E-state index is 0.607. The van der Waals surface area contributed by atoms with E-state index in [0.717, 1.165) is 5.92 Å². The van der Waals surface area contributed by atoms with E-state index in [4.69, 9.17) is 0 Å². The van der Waals surface area contributed by atoms with Gasteiger partial charge in [0.2, 0.25) is 0 Å². The van der Waals surface area contributed by atoms with Gasteiger partial charge in [-0.3, -0.25) is 0 Å². The average Bonchev–Trinajstić information content (AvgIpc) is 2.04. The van der Waals surface area contributed by atoms with E-state index in [-0.39, 0.29) is 0 Å². The van der Waals surface area contributed by atoms with Crippen molar-refractivity contribution >= 4 is 7.28 Å². The minimum atomic E-state index is 0.607. The van der Waals surface area contributed by atoms with Gasteiger partial charge in [0.25, 0.3) is 0 Å². The molecule has 0 aliphatic heterocycles. The topological polar surface area (TPSA) is 0 Å². The molecule has 0 radical (unpaired) electrons. The van der Waals surface area contributed by atoms with Crippen molar-refractivity contribution < 1.29 is 0 Å². The highest BCUT2D eigenvalue weighted by Gasteiger charge is 2.22. The second-order valence-electron chi connectivity index (χ2n) is 4.24. The molecule has 0 nitrogen and oxygen atoms in total. The lowest BCUT2D eigenvalue weighted by molar-refractivity contribution is 0.410. The third kappa shape index (κ3) is 3.84. The lowest BCUT2D eigenvalue weighted by Gasteiger charge is -2.28. The molecule has 2 unspecified atom stereocenters. The molecule has 0 saturated heterocycles. The first-order valence-corrected chi connectivity index (χ1v) is 5.08. The number of hydrogen-bond acceptors (Lipinski definition) is 0. The molecule has 0 rings (SSSR count). The average molecular weight is 154 g/mol. The maximum atomic E-state index is 2.42. The molecule has 0 heterocycles. The van der Waals surface area contributed by atoms with Crippen LogP contribution >= 0.6 is 0 Å². The highest BCUT2D eigenvalue weighted by atomic mass is 14.2. The zero-order valence-corrected chi connectivity index (χ0v) is 8.91. The summed E-state index contributed by atoms with van der Waals surface area (Å²) in [4.78, 5) is 0. The van der Waals surface area contributed by atoms with E-state index in [1.165, 1.54) is 26.5 Å². The van der Waals surface area contributed by atoms with E-state index in [1.807, 2.05) is 0 Å². The number of rotatable bonds is 5. The molecular formula is C10H23B. The van der Waals surface area contributed by atoms with Crippen molar-refractivity contribution in [2.24, 2.45) is 5.92 Å². The fourth-order valence-electron chi connectivity index (χ4n) is 1.52. The molecule has 0 bridgehead atoms. The Kier molecular flexibility index (Phi) is 4.87. The lowest BCUT2D eigenvalue weighted by atomic mass is 9.51. The summed E-state index contributed by atoms with van der Waals surface area (Å²) in [5, 5.41) is 0.607. The molecule has 0 spiro atoms. The maximum absolute atomic E-state index is 2.42. The SMILES string of the molecule is CBC(C)(CC)CC(C)CC. The molecule has 0 aliphatic carbocycles. The van der Waals surface area contributed by atoms with Crippen LogP contribution < -0.4 is 0 Å². The third-order valence-electron chi connectivity index (χ3n) is 3.25. The van der Waals surface area contributed by atoms with E-state index in [9.17, 15) is 0 Å². The monoisotopic (exact) mass is 154 g/mol. The predicted molar refractivity (Wildman–Crippen MR) is 55.7 cm³/mol. The van der Waals surface area contributed by atoms with Crippen LogP contribution in [0.2, 0.25) is 12.1 Å². The van der Waals surface area contributed by atoms with Crippen LogP contribution in [0, 0.1) is 5.92 Å². The molecule has 0 aliphatic rings. The lowest BCUT2D eigenvalue weighted by Crippen LogP contribution is -2.16. The molecule has 0 amide bonds. The molecule has 11 heavy (non-hydrogen) atoms. The molecule has 1 heteroatoms. The van der Waals surface area contributed by atoms with Crippen molar-refractivity contribution in [3.05, 3.63) is 0 Å². The van der Waals surface area contributed by atoms with Crippen LogP contribution in [0.15, 0.2) is 0 Å². The molecule has 0 aromatic rings. The first-order chi connectivity index (χ1) is 5.08. The van der Waals surface area contributed by atoms with E-state index in [1.54, 1.807) is 0 Å². The first kappa shape index (κ1) is 11.1. The zero-order valence-electron chi connectivity index (χ0n) is 8.91. The van der Waals surface area contributed by atoms with Crippen LogP contribution in [0.25, 0.3) is 0 Å². The van der Waals surface area contributed by atoms with Gasteiger partial charge in [-0.2, -0.15) is 0 Å². The third-order valence-corrected chi connectivity index (χ3v) is 3.25. The van der Waals surface area contributed by atoms with Gasteiger partial charge in [0.1, 0.15) is 7.28 Å². The molecule has 66 valence electrons. The summed E-state index contributed by atoms with van der Waals surface area (Å²) in [6.45, 7) is 11.7. The van der Waals surface area contributed by atoms with Crippen LogP contribution in [0.5, 0.6) is 0 Å². The van der Waals surface area contributed by atoms with E-state index >= 15 is 0 Å². The second-order valence-corrected chi connectivity index (χ2v) is 4.24. The van der Waals surface area contributed by atoms with Crippen LogP contribution in [0.1, 0.15) is 47.0 Å². The summed E-state index contributed by atoms with van der Waals surface area (Å²) in [5.41, 5.74) is 0. The summed E-state index contributed by atoms with van der Waals surface area (Å²) in [7, 11) is 1.33. The predicted octanol–water partition coefficient (Wildman–Crippen LogP) is 3.50. The maximum Gasteiger partial charge on any atom is 0.124 e. The summed E-state index contributed by atoms with van der Waals surface area (Å²) < 4.78 is 0. The Balaban J connectivity index is 3.86. The van der Waals surface area contributed by atoms with Gasteiger partial charge in [-0.15, -0.1) is 0 Å². The molecule has 0 aromatic heterocycles. The largest absolute Gasteiger partial charge is 0.124 e. The van der Waals surface area contributed by atoms with Gasteiger partial charge >= 0.3 is 0 Å². The normalized spacial score (nSPS) is 19.0. The van der Waals surface area contributed by atoms with Gasteiger partial charge in [0.05, 0.1) is 0 Å². The zero-order chi connectivity index (χ0) is 8.91. The van der Waals surface area contributed by atoms with Crippen molar-refractivity contribution in [1.82, 2.24) is 0 Å². The van der Waals surface area contributed by atoms with E-state index < -0.39 is 0 Å². The quantitative estimate of drug-likeness (QED) is 0.531. The summed E-state index contributed by atoms with van der Waals surface area (Å²) >= 11 is 0. The number of hydrogen-bond donors (Lipinski definition) is 0. The summed E-state index contributed by atoms with van der Waals surface area (Å²) in [5.74, 6) is 0.903.